The van der Waals surface area contributed by atoms with Crippen LogP contribution in [0.25, 0.3) is 0 Å². The number of nitrogens with one attached hydrogen (secondary N) is 1. The largest absolute Gasteiger partial charge is 0.344 e. The monoisotopic (exact) mass is 429 g/mol. The molecule has 1 saturated heterocycles. The molecule has 0 saturated carbocycles. The van der Waals surface area contributed by atoms with Gasteiger partial charge < -0.3 is 10.2 Å². The van der Waals surface area contributed by atoms with Crippen molar-refractivity contribution in [3.05, 3.63) is 39.5 Å². The molecule has 0 aliphatic carbocycles. The topological polar surface area (TPSA) is 80.1 Å². The van der Waals surface area contributed by atoms with Crippen LogP contribution in [0.1, 0.15) is 11.5 Å². The van der Waals surface area contributed by atoms with Gasteiger partial charge in [-0.05, 0) is 28.1 Å². The minimum Gasteiger partial charge on any atom is -0.344 e. The third-order valence-electron chi connectivity index (χ3n) is 4.10. The molecule has 2 aromatic heterocycles. The van der Waals surface area contributed by atoms with Crippen LogP contribution >= 0.6 is 27.5 Å². The highest BCUT2D eigenvalue weighted by Crippen LogP contribution is 2.40. The summed E-state index contributed by atoms with van der Waals surface area (Å²) in [4.78, 5) is 30.2. The van der Waals surface area contributed by atoms with Crippen LogP contribution in [-0.4, -0.2) is 45.1 Å². The smallest absolute Gasteiger partial charge is 0.238 e. The van der Waals surface area contributed by atoms with E-state index in [1.54, 1.807) is 14.1 Å². The zero-order valence-electron chi connectivity index (χ0n) is 13.3. The quantitative estimate of drug-likeness (QED) is 0.598. The first-order chi connectivity index (χ1) is 11.8. The van der Waals surface area contributed by atoms with Crippen LogP contribution in [0, 0.1) is 11.9 Å². The molecule has 2 amide bonds. The van der Waals surface area contributed by atoms with E-state index in [4.69, 9.17) is 11.6 Å². The Bertz CT molecular complexity index is 858. The Hall–Kier alpha value is -2.00. The highest BCUT2D eigenvalue weighted by molar-refractivity contribution is 9.10. The molecule has 2 aromatic rings. The first kappa shape index (κ1) is 17.8. The van der Waals surface area contributed by atoms with Gasteiger partial charge in [0.05, 0.1) is 0 Å². The van der Waals surface area contributed by atoms with Gasteiger partial charge in [-0.1, -0.05) is 17.7 Å². The number of hydrogen-bond acceptors (Lipinski definition) is 4. The molecule has 7 nitrogen and oxygen atoms in total. The number of likely N-dealkylation sites (tertiary alicyclic amines) is 1. The van der Waals surface area contributed by atoms with E-state index < -0.39 is 23.7 Å². The zero-order valence-corrected chi connectivity index (χ0v) is 15.7. The maximum atomic E-state index is 13.2. The van der Waals surface area contributed by atoms with Crippen LogP contribution in [-0.2, 0) is 16.6 Å². The predicted molar refractivity (Wildman–Crippen MR) is 92.6 cm³/mol. The molecule has 25 heavy (non-hydrogen) atoms. The van der Waals surface area contributed by atoms with Crippen molar-refractivity contribution in [2.75, 3.05) is 18.9 Å². The fraction of sp³-hybridized carbons (Fsp3) is 0.333. The lowest BCUT2D eigenvalue weighted by Gasteiger charge is -2.16. The molecule has 1 aliphatic heterocycles. The number of carbonyl (C=O) groups excluding carboxylic acids is 2. The van der Waals surface area contributed by atoms with Crippen molar-refractivity contribution in [2.45, 2.75) is 5.92 Å². The Morgan fingerprint density at radius 2 is 2.16 bits per heavy atom. The van der Waals surface area contributed by atoms with E-state index in [1.807, 2.05) is 0 Å². The Kier molecular flexibility index (Phi) is 4.79. The SMILES string of the molecule is CN1C[C@H](c2c(Br)nn(C)c2Cl)[C@@H](C(=O)Nc2cccc(F)n2)C1=O. The highest BCUT2D eigenvalue weighted by Gasteiger charge is 2.46. The lowest BCUT2D eigenvalue weighted by molar-refractivity contribution is -0.135. The summed E-state index contributed by atoms with van der Waals surface area (Å²) < 4.78 is 15.2. The average Bonchev–Trinajstić information content (AvgIpc) is 2.95. The Morgan fingerprint density at radius 1 is 1.44 bits per heavy atom. The number of amides is 2. The molecule has 1 N–H and O–H groups in total. The van der Waals surface area contributed by atoms with Gasteiger partial charge in [0.15, 0.2) is 0 Å². The van der Waals surface area contributed by atoms with Crippen LogP contribution in [0.4, 0.5) is 10.2 Å². The van der Waals surface area contributed by atoms with E-state index in [-0.39, 0.29) is 11.7 Å². The van der Waals surface area contributed by atoms with E-state index >= 15 is 0 Å². The number of aryl methyl sites for hydroxylation is 1. The second kappa shape index (κ2) is 6.72. The van der Waals surface area contributed by atoms with E-state index in [1.165, 1.54) is 27.8 Å². The molecule has 0 bridgehead atoms. The highest BCUT2D eigenvalue weighted by atomic mass is 79.9. The molecule has 0 spiro atoms. The summed E-state index contributed by atoms with van der Waals surface area (Å²) in [6, 6.07) is 4.04. The molecule has 3 heterocycles. The van der Waals surface area contributed by atoms with Crippen LogP contribution in [0.5, 0.6) is 0 Å². The summed E-state index contributed by atoms with van der Waals surface area (Å²) in [6.45, 7) is 0.317. The zero-order chi connectivity index (χ0) is 18.3. The second-order valence-corrected chi connectivity index (χ2v) is 6.87. The van der Waals surface area contributed by atoms with Gasteiger partial charge in [0.2, 0.25) is 17.8 Å². The standard InChI is InChI=1S/C15H14BrClFN5O2/c1-22-6-7(10-12(16)21-23(2)13(10)17)11(15(22)25)14(24)20-9-5-3-4-8(18)19-9/h3-5,7,11H,6H2,1-2H3,(H,19,20,24)/t7-,11+/m1/s1. The van der Waals surface area contributed by atoms with Crippen molar-refractivity contribution in [3.63, 3.8) is 0 Å². The first-order valence-electron chi connectivity index (χ1n) is 7.36. The number of anilines is 1. The third kappa shape index (κ3) is 3.25. The minimum atomic E-state index is -1.01. The average molecular weight is 431 g/mol. The Labute approximate surface area is 156 Å². The minimum absolute atomic E-state index is 0.0439. The lowest BCUT2D eigenvalue weighted by atomic mass is 9.89. The van der Waals surface area contributed by atoms with E-state index in [2.05, 4.69) is 31.3 Å². The summed E-state index contributed by atoms with van der Waals surface area (Å²) in [5.41, 5.74) is 0.592. The van der Waals surface area contributed by atoms with Gasteiger partial charge in [-0.3, -0.25) is 14.3 Å². The molecule has 2 atom stereocenters. The van der Waals surface area contributed by atoms with Crippen LogP contribution in [0.15, 0.2) is 22.8 Å². The normalized spacial score (nSPS) is 20.2. The molecule has 1 fully saturated rings. The molecule has 1 aliphatic rings. The van der Waals surface area contributed by atoms with Gasteiger partial charge in [0.1, 0.15) is 21.5 Å². The summed E-state index contributed by atoms with van der Waals surface area (Å²) in [5, 5.41) is 7.02. The fourth-order valence-corrected chi connectivity index (χ4v) is 4.03. The number of carbonyl (C=O) groups is 2. The number of rotatable bonds is 3. The number of likely N-dealkylation sites (N-methyl/N-ethyl adjacent to an activating group) is 1. The fourth-order valence-electron chi connectivity index (χ4n) is 2.93. The maximum absolute atomic E-state index is 13.2. The number of hydrogen-bond donors (Lipinski definition) is 1. The van der Waals surface area contributed by atoms with Crippen LogP contribution in [0.2, 0.25) is 5.15 Å². The lowest BCUT2D eigenvalue weighted by Crippen LogP contribution is -2.33. The van der Waals surface area contributed by atoms with Crippen molar-refractivity contribution in [1.29, 1.82) is 0 Å². The van der Waals surface area contributed by atoms with Crippen molar-refractivity contribution >= 4 is 45.2 Å². The van der Waals surface area contributed by atoms with Crippen molar-refractivity contribution in [2.24, 2.45) is 13.0 Å². The van der Waals surface area contributed by atoms with Gasteiger partial charge in [-0.2, -0.15) is 9.49 Å². The summed E-state index contributed by atoms with van der Waals surface area (Å²) in [6.07, 6.45) is 0. The van der Waals surface area contributed by atoms with E-state index in [9.17, 15) is 14.0 Å². The molecule has 10 heteroatoms. The second-order valence-electron chi connectivity index (χ2n) is 5.76. The molecule has 0 unspecified atom stereocenters. The number of aromatic nitrogens is 3. The third-order valence-corrected chi connectivity index (χ3v) is 5.14. The number of pyridine rings is 1. The molecular weight excluding hydrogens is 417 g/mol. The summed E-state index contributed by atoms with van der Waals surface area (Å²) >= 11 is 9.62. The van der Waals surface area contributed by atoms with Gasteiger partial charge in [0, 0.05) is 32.1 Å². The van der Waals surface area contributed by atoms with Crippen molar-refractivity contribution in [3.8, 4) is 0 Å². The van der Waals surface area contributed by atoms with Gasteiger partial charge in [-0.15, -0.1) is 0 Å². The number of nitrogens with zero attached hydrogens (tertiary/aromatic N) is 4. The van der Waals surface area contributed by atoms with Crippen LogP contribution < -0.4 is 5.32 Å². The molecule has 3 rings (SSSR count). The van der Waals surface area contributed by atoms with E-state index in [0.717, 1.165) is 0 Å². The van der Waals surface area contributed by atoms with E-state index in [0.29, 0.717) is 21.9 Å². The van der Waals surface area contributed by atoms with Crippen LogP contribution in [0.3, 0.4) is 0 Å². The molecule has 0 aromatic carbocycles. The Balaban J connectivity index is 1.93. The molecule has 132 valence electrons. The predicted octanol–water partition coefficient (Wildman–Crippen LogP) is 2.18. The maximum Gasteiger partial charge on any atom is 0.238 e. The van der Waals surface area contributed by atoms with Crippen molar-refractivity contribution < 1.29 is 14.0 Å². The molecular formula is C15H14BrClFN5O2. The first-order valence-corrected chi connectivity index (χ1v) is 8.53. The van der Waals surface area contributed by atoms with Gasteiger partial charge in [0.25, 0.3) is 0 Å². The van der Waals surface area contributed by atoms with Gasteiger partial charge in [-0.25, -0.2) is 4.98 Å². The van der Waals surface area contributed by atoms with Crippen molar-refractivity contribution in [1.82, 2.24) is 19.7 Å². The summed E-state index contributed by atoms with van der Waals surface area (Å²) in [7, 11) is 3.28. The van der Waals surface area contributed by atoms with Gasteiger partial charge >= 0.3 is 0 Å². The summed E-state index contributed by atoms with van der Waals surface area (Å²) in [5.74, 6) is -3.07. The molecule has 0 radical (unpaired) electrons. The Morgan fingerprint density at radius 3 is 2.76 bits per heavy atom. The number of halogens is 3.